The van der Waals surface area contributed by atoms with Crippen LogP contribution in [0, 0.1) is 11.3 Å². The van der Waals surface area contributed by atoms with E-state index in [0.29, 0.717) is 24.2 Å². The molecule has 0 unspecified atom stereocenters. The van der Waals surface area contributed by atoms with E-state index in [1.807, 2.05) is 12.1 Å². The summed E-state index contributed by atoms with van der Waals surface area (Å²) in [7, 11) is 0. The van der Waals surface area contributed by atoms with Crippen molar-refractivity contribution in [2.24, 2.45) is 5.10 Å². The Hall–Kier alpha value is -2.15. The van der Waals surface area contributed by atoms with Crippen molar-refractivity contribution >= 4 is 11.6 Å². The van der Waals surface area contributed by atoms with Crippen LogP contribution in [-0.2, 0) is 0 Å². The fraction of sp³-hybridized carbons (Fsp3) is 0.182. The molecule has 1 heterocycles. The molecule has 0 fully saturated rings. The maximum absolute atomic E-state index is 11.8. The summed E-state index contributed by atoms with van der Waals surface area (Å²) in [6.07, 6.45) is 0.551. The topological polar surface area (TPSA) is 56.5 Å². The molecule has 1 aliphatic rings. The molecule has 0 N–H and O–H groups in total. The van der Waals surface area contributed by atoms with Gasteiger partial charge in [-0.25, -0.2) is 5.01 Å². The number of hydrogen-bond acceptors (Lipinski definition) is 3. The smallest absolute Gasteiger partial charge is 0.267 e. The van der Waals surface area contributed by atoms with Gasteiger partial charge in [-0.05, 0) is 12.1 Å². The van der Waals surface area contributed by atoms with Crippen molar-refractivity contribution in [3.8, 4) is 6.07 Å². The molecule has 15 heavy (non-hydrogen) atoms. The Morgan fingerprint density at radius 1 is 1.40 bits per heavy atom. The molecule has 1 aromatic rings. The first-order valence-electron chi connectivity index (χ1n) is 4.66. The van der Waals surface area contributed by atoms with Crippen LogP contribution in [0.25, 0.3) is 0 Å². The van der Waals surface area contributed by atoms with E-state index in [0.717, 1.165) is 0 Å². The van der Waals surface area contributed by atoms with Crippen molar-refractivity contribution in [3.05, 3.63) is 35.9 Å². The highest BCUT2D eigenvalue weighted by Gasteiger charge is 2.21. The largest absolute Gasteiger partial charge is 0.273 e. The van der Waals surface area contributed by atoms with Crippen LogP contribution in [0.4, 0.5) is 0 Å². The van der Waals surface area contributed by atoms with Gasteiger partial charge in [0.2, 0.25) is 0 Å². The van der Waals surface area contributed by atoms with E-state index in [2.05, 4.69) is 5.10 Å². The van der Waals surface area contributed by atoms with Gasteiger partial charge in [0.1, 0.15) is 11.8 Å². The number of benzene rings is 1. The lowest BCUT2D eigenvalue weighted by atomic mass is 10.2. The summed E-state index contributed by atoms with van der Waals surface area (Å²) in [4.78, 5) is 11.8. The first kappa shape index (κ1) is 9.41. The quantitative estimate of drug-likeness (QED) is 0.686. The molecular formula is C11H9N3O. The number of rotatable bonds is 1. The highest BCUT2D eigenvalue weighted by atomic mass is 16.2. The maximum Gasteiger partial charge on any atom is 0.273 e. The van der Waals surface area contributed by atoms with E-state index in [9.17, 15) is 4.79 Å². The van der Waals surface area contributed by atoms with E-state index in [-0.39, 0.29) is 5.91 Å². The van der Waals surface area contributed by atoms with E-state index in [1.165, 1.54) is 5.01 Å². The average Bonchev–Trinajstić information content (AvgIpc) is 2.78. The second-order valence-corrected chi connectivity index (χ2v) is 3.20. The molecule has 0 spiro atoms. The summed E-state index contributed by atoms with van der Waals surface area (Å²) < 4.78 is 0. The molecule has 4 heteroatoms. The van der Waals surface area contributed by atoms with Crippen LogP contribution in [0.5, 0.6) is 0 Å². The van der Waals surface area contributed by atoms with Crippen LogP contribution < -0.4 is 0 Å². The van der Waals surface area contributed by atoms with Gasteiger partial charge in [-0.15, -0.1) is 0 Å². The Labute approximate surface area is 87.4 Å². The lowest BCUT2D eigenvalue weighted by molar-refractivity contribution is 0.0778. The van der Waals surface area contributed by atoms with Crippen molar-refractivity contribution in [1.82, 2.24) is 5.01 Å². The third-order valence-electron chi connectivity index (χ3n) is 2.19. The molecule has 1 aliphatic heterocycles. The van der Waals surface area contributed by atoms with Crippen molar-refractivity contribution in [3.63, 3.8) is 0 Å². The number of carbonyl (C=O) groups excluding carboxylic acids is 1. The fourth-order valence-corrected chi connectivity index (χ4v) is 1.41. The summed E-state index contributed by atoms with van der Waals surface area (Å²) in [6.45, 7) is 0.497. The summed E-state index contributed by atoms with van der Waals surface area (Å²) in [6, 6.07) is 10.9. The second kappa shape index (κ2) is 3.93. The number of carbonyl (C=O) groups is 1. The summed E-state index contributed by atoms with van der Waals surface area (Å²) in [5.74, 6) is -0.152. The number of nitriles is 1. The van der Waals surface area contributed by atoms with Crippen LogP contribution in [0.1, 0.15) is 16.8 Å². The molecule has 0 saturated carbocycles. The number of nitrogens with zero attached hydrogens (tertiary/aromatic N) is 3. The normalized spacial score (nSPS) is 14.6. The van der Waals surface area contributed by atoms with Crippen LogP contribution in [0.2, 0.25) is 0 Å². The van der Waals surface area contributed by atoms with Gasteiger partial charge in [0.05, 0.1) is 6.54 Å². The zero-order valence-corrected chi connectivity index (χ0v) is 8.05. The molecule has 74 valence electrons. The first-order valence-corrected chi connectivity index (χ1v) is 4.66. The third-order valence-corrected chi connectivity index (χ3v) is 2.19. The minimum atomic E-state index is -0.152. The zero-order valence-electron chi connectivity index (χ0n) is 8.05. The SMILES string of the molecule is N#CC1=NN(C(=O)c2ccccc2)CC1. The second-order valence-electron chi connectivity index (χ2n) is 3.20. The average molecular weight is 199 g/mol. The molecule has 1 amide bonds. The summed E-state index contributed by atoms with van der Waals surface area (Å²) >= 11 is 0. The molecule has 0 atom stereocenters. The molecule has 0 radical (unpaired) electrons. The molecular weight excluding hydrogens is 190 g/mol. The van der Waals surface area contributed by atoms with Gasteiger partial charge in [-0.3, -0.25) is 4.79 Å². The van der Waals surface area contributed by atoms with Crippen molar-refractivity contribution in [2.75, 3.05) is 6.54 Å². The predicted octanol–water partition coefficient (Wildman–Crippen LogP) is 1.41. The highest BCUT2D eigenvalue weighted by molar-refractivity contribution is 6.02. The van der Waals surface area contributed by atoms with Crippen LogP contribution >= 0.6 is 0 Å². The minimum absolute atomic E-state index is 0.152. The predicted molar refractivity (Wildman–Crippen MR) is 55.1 cm³/mol. The van der Waals surface area contributed by atoms with Gasteiger partial charge in [-0.2, -0.15) is 10.4 Å². The molecule has 0 saturated heterocycles. The molecule has 4 nitrogen and oxygen atoms in total. The van der Waals surface area contributed by atoms with Crippen molar-refractivity contribution < 1.29 is 4.79 Å². The molecule has 0 aromatic heterocycles. The Morgan fingerprint density at radius 2 is 2.13 bits per heavy atom. The van der Waals surface area contributed by atoms with E-state index in [4.69, 9.17) is 5.26 Å². The van der Waals surface area contributed by atoms with Gasteiger partial charge >= 0.3 is 0 Å². The molecule has 1 aromatic carbocycles. The van der Waals surface area contributed by atoms with Gasteiger partial charge < -0.3 is 0 Å². The van der Waals surface area contributed by atoms with Gasteiger partial charge in [0.15, 0.2) is 0 Å². The lowest BCUT2D eigenvalue weighted by Crippen LogP contribution is -2.23. The van der Waals surface area contributed by atoms with Gasteiger partial charge in [0.25, 0.3) is 5.91 Å². The van der Waals surface area contributed by atoms with E-state index >= 15 is 0 Å². The molecule has 0 bridgehead atoms. The first-order chi connectivity index (χ1) is 7.31. The summed E-state index contributed by atoms with van der Waals surface area (Å²) in [5, 5.41) is 13.9. The van der Waals surface area contributed by atoms with Gasteiger partial charge in [-0.1, -0.05) is 18.2 Å². The summed E-state index contributed by atoms with van der Waals surface area (Å²) in [5.41, 5.74) is 1.01. The monoisotopic (exact) mass is 199 g/mol. The van der Waals surface area contributed by atoms with Crippen molar-refractivity contribution in [1.29, 1.82) is 5.26 Å². The number of hydrazone groups is 1. The van der Waals surface area contributed by atoms with Crippen LogP contribution in [0.3, 0.4) is 0 Å². The lowest BCUT2D eigenvalue weighted by Gasteiger charge is -2.10. The Morgan fingerprint density at radius 3 is 2.73 bits per heavy atom. The highest BCUT2D eigenvalue weighted by Crippen LogP contribution is 2.11. The maximum atomic E-state index is 11.8. The van der Waals surface area contributed by atoms with Crippen LogP contribution in [0.15, 0.2) is 35.4 Å². The Bertz CT molecular complexity index is 445. The molecule has 2 rings (SSSR count). The fourth-order valence-electron chi connectivity index (χ4n) is 1.41. The van der Waals surface area contributed by atoms with Crippen LogP contribution in [-0.4, -0.2) is 23.2 Å². The third kappa shape index (κ3) is 1.86. The van der Waals surface area contributed by atoms with Crippen molar-refractivity contribution in [2.45, 2.75) is 6.42 Å². The Balaban J connectivity index is 2.18. The minimum Gasteiger partial charge on any atom is -0.267 e. The van der Waals surface area contributed by atoms with E-state index in [1.54, 1.807) is 24.3 Å². The zero-order chi connectivity index (χ0) is 10.7. The number of amides is 1. The van der Waals surface area contributed by atoms with E-state index < -0.39 is 0 Å². The van der Waals surface area contributed by atoms with Gasteiger partial charge in [0, 0.05) is 12.0 Å². The Kier molecular flexibility index (Phi) is 2.46. The standard InChI is InChI=1S/C11H9N3O/c12-8-10-6-7-14(13-10)11(15)9-4-2-1-3-5-9/h1-5H,6-7H2. The number of hydrogen-bond donors (Lipinski definition) is 0. The molecule has 0 aliphatic carbocycles.